The molecule has 0 amide bonds. The molecule has 43 heavy (non-hydrogen) atoms. The van der Waals surface area contributed by atoms with E-state index in [4.69, 9.17) is 9.47 Å². The molecule has 0 spiro atoms. The van der Waals surface area contributed by atoms with E-state index in [0.717, 1.165) is 83.5 Å². The zero-order valence-corrected chi connectivity index (χ0v) is 27.4. The minimum atomic E-state index is -0.797. The van der Waals surface area contributed by atoms with E-state index >= 15 is 0 Å². The van der Waals surface area contributed by atoms with Gasteiger partial charge in [-0.25, -0.2) is 0 Å². The largest absolute Gasteiger partial charge is 0.462 e. The van der Waals surface area contributed by atoms with Crippen molar-refractivity contribution in [1.82, 2.24) is 0 Å². The molecule has 0 heterocycles. The molecule has 0 saturated carbocycles. The van der Waals surface area contributed by atoms with Gasteiger partial charge in [0, 0.05) is 12.8 Å². The number of esters is 2. The summed E-state index contributed by atoms with van der Waals surface area (Å²) in [6, 6.07) is 0. The molecule has 1 atom stereocenters. The van der Waals surface area contributed by atoms with Gasteiger partial charge < -0.3 is 14.6 Å². The number of carbonyl (C=O) groups is 2. The van der Waals surface area contributed by atoms with E-state index in [9.17, 15) is 14.7 Å². The van der Waals surface area contributed by atoms with Gasteiger partial charge in [0.1, 0.15) is 6.61 Å². The number of ether oxygens (including phenoxy) is 2. The zero-order valence-electron chi connectivity index (χ0n) is 27.4. The zero-order chi connectivity index (χ0) is 31.5. The Hall–Kier alpha value is -2.66. The van der Waals surface area contributed by atoms with Crippen molar-refractivity contribution in [2.75, 3.05) is 13.2 Å². The molecule has 0 aromatic rings. The molecule has 244 valence electrons. The van der Waals surface area contributed by atoms with Gasteiger partial charge in [0.25, 0.3) is 0 Å². The molecule has 0 fully saturated rings. The summed E-state index contributed by atoms with van der Waals surface area (Å²) in [4.78, 5) is 24.1. The van der Waals surface area contributed by atoms with Crippen molar-refractivity contribution in [1.29, 1.82) is 0 Å². The van der Waals surface area contributed by atoms with E-state index in [2.05, 4.69) is 86.8 Å². The van der Waals surface area contributed by atoms with Gasteiger partial charge >= 0.3 is 11.9 Å². The highest BCUT2D eigenvalue weighted by Gasteiger charge is 2.16. The summed E-state index contributed by atoms with van der Waals surface area (Å²) in [7, 11) is 0. The maximum Gasteiger partial charge on any atom is 0.306 e. The van der Waals surface area contributed by atoms with Crippen LogP contribution < -0.4 is 0 Å². The van der Waals surface area contributed by atoms with Crippen LogP contribution >= 0.6 is 0 Å². The number of allylic oxidation sites excluding steroid dienone is 12. The number of rotatable bonds is 29. The lowest BCUT2D eigenvalue weighted by Gasteiger charge is -2.15. The second kappa shape index (κ2) is 33.8. The molecule has 0 unspecified atom stereocenters. The van der Waals surface area contributed by atoms with Crippen molar-refractivity contribution in [3.63, 3.8) is 0 Å². The molecule has 0 saturated heterocycles. The minimum absolute atomic E-state index is 0.0972. The van der Waals surface area contributed by atoms with Crippen LogP contribution in [0.15, 0.2) is 72.9 Å². The average molecular weight is 599 g/mol. The van der Waals surface area contributed by atoms with E-state index in [0.29, 0.717) is 12.8 Å². The summed E-state index contributed by atoms with van der Waals surface area (Å²) in [5, 5.41) is 9.50. The van der Waals surface area contributed by atoms with Gasteiger partial charge in [-0.3, -0.25) is 9.59 Å². The molecule has 5 nitrogen and oxygen atoms in total. The lowest BCUT2D eigenvalue weighted by molar-refractivity contribution is -0.161. The normalized spacial score (nSPS) is 13.1. The molecule has 0 aliphatic heterocycles. The lowest BCUT2D eigenvalue weighted by Crippen LogP contribution is -2.28. The van der Waals surface area contributed by atoms with E-state index in [1.807, 2.05) is 0 Å². The molecule has 0 aromatic carbocycles. The van der Waals surface area contributed by atoms with E-state index in [1.54, 1.807) is 0 Å². The van der Waals surface area contributed by atoms with Crippen LogP contribution in [0.5, 0.6) is 0 Å². The number of aliphatic hydroxyl groups excluding tert-OH is 1. The van der Waals surface area contributed by atoms with Gasteiger partial charge in [-0.15, -0.1) is 0 Å². The van der Waals surface area contributed by atoms with E-state index < -0.39 is 6.10 Å². The quantitative estimate of drug-likeness (QED) is 0.0527. The molecular weight excluding hydrogens is 536 g/mol. The van der Waals surface area contributed by atoms with Crippen LogP contribution in [0.3, 0.4) is 0 Å². The maximum absolute atomic E-state index is 12.1. The molecule has 5 heteroatoms. The summed E-state index contributed by atoms with van der Waals surface area (Å²) < 4.78 is 10.5. The van der Waals surface area contributed by atoms with Crippen molar-refractivity contribution in [3.05, 3.63) is 72.9 Å². The highest BCUT2D eigenvalue weighted by molar-refractivity contribution is 5.70. The van der Waals surface area contributed by atoms with E-state index in [1.165, 1.54) is 25.7 Å². The summed E-state index contributed by atoms with van der Waals surface area (Å²) in [6.45, 7) is 3.90. The van der Waals surface area contributed by atoms with Gasteiger partial charge in [0.2, 0.25) is 0 Å². The summed E-state index contributed by atoms with van der Waals surface area (Å²) >= 11 is 0. The Morgan fingerprint density at radius 1 is 0.558 bits per heavy atom. The van der Waals surface area contributed by atoms with Gasteiger partial charge in [-0.2, -0.15) is 0 Å². The molecule has 1 N–H and O–H groups in total. The molecule has 0 aliphatic carbocycles. The Balaban J connectivity index is 3.72. The van der Waals surface area contributed by atoms with Gasteiger partial charge in [-0.05, 0) is 77.0 Å². The highest BCUT2D eigenvalue weighted by atomic mass is 16.6. The van der Waals surface area contributed by atoms with Crippen molar-refractivity contribution in [2.24, 2.45) is 0 Å². The summed E-state index contributed by atoms with van der Waals surface area (Å²) in [5.74, 6) is -0.666. The summed E-state index contributed by atoms with van der Waals surface area (Å²) in [6.07, 6.45) is 43.8. The lowest BCUT2D eigenvalue weighted by atomic mass is 10.1. The topological polar surface area (TPSA) is 72.8 Å². The Morgan fingerprint density at radius 2 is 1.00 bits per heavy atom. The first-order valence-corrected chi connectivity index (χ1v) is 17.0. The fraction of sp³-hybridized carbons (Fsp3) is 0.632. The van der Waals surface area contributed by atoms with E-state index in [-0.39, 0.29) is 25.2 Å². The van der Waals surface area contributed by atoms with Crippen LogP contribution in [-0.2, 0) is 19.1 Å². The monoisotopic (exact) mass is 598 g/mol. The molecular formula is C38H62O5. The fourth-order valence-electron chi connectivity index (χ4n) is 4.15. The third kappa shape index (κ3) is 32.1. The number of hydrogen-bond acceptors (Lipinski definition) is 5. The van der Waals surface area contributed by atoms with Crippen LogP contribution in [-0.4, -0.2) is 36.4 Å². The summed E-state index contributed by atoms with van der Waals surface area (Å²) in [5.41, 5.74) is 0. The Bertz CT molecular complexity index is 818. The second-order valence-corrected chi connectivity index (χ2v) is 10.9. The van der Waals surface area contributed by atoms with Crippen molar-refractivity contribution in [3.8, 4) is 0 Å². The standard InChI is InChI=1S/C38H62O5/c1-3-5-7-9-11-13-15-17-19-21-22-24-26-28-30-32-37(40)42-35-36(34-39)43-38(41)33-31-29-27-25-23-20-18-16-14-12-10-8-6-4-2/h5,7,10-13,16-19,22,24,36,39H,3-4,6,8-9,14-15,20-21,23,25-35H2,1-2H3/b7-5+,12-10+,13-11+,18-16+,19-17+,24-22+/t36-/m0/s1. The highest BCUT2D eigenvalue weighted by Crippen LogP contribution is 2.10. The first kappa shape index (κ1) is 40.3. The third-order valence-corrected chi connectivity index (χ3v) is 6.73. The smallest absolute Gasteiger partial charge is 0.306 e. The predicted molar refractivity (Wildman–Crippen MR) is 182 cm³/mol. The molecule has 0 rings (SSSR count). The maximum atomic E-state index is 12.1. The SMILES string of the molecule is CC/C=C/C/C=C/C/C=C/C/C=C/CCCCC(=O)OC[C@H](CO)OC(=O)CCCCCCC/C=C/C/C=C/CCCC. The van der Waals surface area contributed by atoms with Crippen molar-refractivity contribution in [2.45, 2.75) is 142 Å². The van der Waals surface area contributed by atoms with Crippen molar-refractivity contribution < 1.29 is 24.2 Å². The number of aliphatic hydroxyl groups is 1. The Kier molecular flexibility index (Phi) is 31.7. The van der Waals surface area contributed by atoms with Crippen LogP contribution in [0.2, 0.25) is 0 Å². The van der Waals surface area contributed by atoms with Crippen LogP contribution in [0.1, 0.15) is 136 Å². The van der Waals surface area contributed by atoms with Crippen LogP contribution in [0, 0.1) is 0 Å². The molecule has 0 bridgehead atoms. The molecule has 0 aromatic heterocycles. The van der Waals surface area contributed by atoms with Crippen LogP contribution in [0.4, 0.5) is 0 Å². The number of carbonyl (C=O) groups excluding carboxylic acids is 2. The van der Waals surface area contributed by atoms with Crippen molar-refractivity contribution >= 4 is 11.9 Å². The fourth-order valence-corrected chi connectivity index (χ4v) is 4.15. The average Bonchev–Trinajstić information content (AvgIpc) is 3.01. The molecule has 0 radical (unpaired) electrons. The van der Waals surface area contributed by atoms with Gasteiger partial charge in [0.05, 0.1) is 6.61 Å². The minimum Gasteiger partial charge on any atom is -0.462 e. The predicted octanol–water partition coefficient (Wildman–Crippen LogP) is 10.2. The Labute approximate surface area is 263 Å². The van der Waals surface area contributed by atoms with Crippen LogP contribution in [0.25, 0.3) is 0 Å². The molecule has 0 aliphatic rings. The number of unbranched alkanes of at least 4 members (excludes halogenated alkanes) is 9. The number of hydrogen-bond donors (Lipinski definition) is 1. The third-order valence-electron chi connectivity index (χ3n) is 6.73. The first-order chi connectivity index (χ1) is 21.1. The first-order valence-electron chi connectivity index (χ1n) is 17.0. The van der Waals surface area contributed by atoms with Gasteiger partial charge in [0.15, 0.2) is 6.10 Å². The van der Waals surface area contributed by atoms with Gasteiger partial charge in [-0.1, -0.05) is 119 Å². The Morgan fingerprint density at radius 3 is 1.56 bits per heavy atom. The second-order valence-electron chi connectivity index (χ2n) is 10.9.